The van der Waals surface area contributed by atoms with E-state index in [1.165, 1.54) is 0 Å². The Morgan fingerprint density at radius 3 is 2.81 bits per heavy atom. The molecule has 0 aliphatic carbocycles. The molecule has 0 atom stereocenters. The van der Waals surface area contributed by atoms with E-state index in [2.05, 4.69) is 0 Å². The number of carbonyl (C=O) groups excluding carboxylic acids is 1. The van der Waals surface area contributed by atoms with Crippen molar-refractivity contribution in [3.05, 3.63) is 41.5 Å². The van der Waals surface area contributed by atoms with Crippen LogP contribution in [0.15, 0.2) is 30.3 Å². The molecule has 3 nitrogen and oxygen atoms in total. The van der Waals surface area contributed by atoms with Gasteiger partial charge in [-0.15, -0.1) is 0 Å². The first kappa shape index (κ1) is 12.5. The van der Waals surface area contributed by atoms with Gasteiger partial charge in [0.15, 0.2) is 0 Å². The third-order valence-corrected chi connectivity index (χ3v) is 2.18. The van der Waals surface area contributed by atoms with E-state index in [0.717, 1.165) is 12.0 Å². The van der Waals surface area contributed by atoms with Gasteiger partial charge in [-0.3, -0.25) is 4.79 Å². The molecule has 0 radical (unpaired) electrons. The molecule has 0 fully saturated rings. The van der Waals surface area contributed by atoms with Crippen LogP contribution in [0.4, 0.5) is 0 Å². The van der Waals surface area contributed by atoms with Gasteiger partial charge in [0.1, 0.15) is 0 Å². The first-order valence-electron chi connectivity index (χ1n) is 5.33. The Balaban J connectivity index is 2.83. The lowest BCUT2D eigenvalue weighted by Gasteiger charge is -2.10. The largest absolute Gasteiger partial charge is 0.345 e. The van der Waals surface area contributed by atoms with Crippen LogP contribution in [0.1, 0.15) is 22.3 Å². The quantitative estimate of drug-likeness (QED) is 0.837. The zero-order valence-electron chi connectivity index (χ0n) is 9.81. The first-order valence-corrected chi connectivity index (χ1v) is 5.33. The Bertz CT molecular complexity index is 383. The predicted molar refractivity (Wildman–Crippen MR) is 67.2 cm³/mol. The lowest BCUT2D eigenvalue weighted by Crippen LogP contribution is -2.21. The molecule has 86 valence electrons. The Morgan fingerprint density at radius 1 is 1.44 bits per heavy atom. The molecule has 3 heteroatoms. The van der Waals surface area contributed by atoms with Gasteiger partial charge < -0.3 is 10.6 Å². The molecule has 0 spiro atoms. The van der Waals surface area contributed by atoms with Gasteiger partial charge in [-0.2, -0.15) is 0 Å². The van der Waals surface area contributed by atoms with Crippen molar-refractivity contribution in [1.82, 2.24) is 4.90 Å². The number of nitrogens with zero attached hydrogens (tertiary/aromatic N) is 1. The molecule has 2 N–H and O–H groups in total. The summed E-state index contributed by atoms with van der Waals surface area (Å²) in [5.74, 6) is 0.0223. The second kappa shape index (κ2) is 6.08. The molecule has 1 amide bonds. The van der Waals surface area contributed by atoms with E-state index >= 15 is 0 Å². The summed E-state index contributed by atoms with van der Waals surface area (Å²) in [6.07, 6.45) is 4.85. The minimum atomic E-state index is 0.0223. The molecule has 0 bridgehead atoms. The molecule has 0 saturated carbocycles. The van der Waals surface area contributed by atoms with Crippen molar-refractivity contribution in [2.45, 2.75) is 6.42 Å². The van der Waals surface area contributed by atoms with Crippen molar-refractivity contribution in [2.75, 3.05) is 20.6 Å². The highest BCUT2D eigenvalue weighted by Crippen LogP contribution is 2.09. The van der Waals surface area contributed by atoms with E-state index < -0.39 is 0 Å². The monoisotopic (exact) mass is 218 g/mol. The Labute approximate surface area is 96.6 Å². The zero-order valence-corrected chi connectivity index (χ0v) is 9.81. The highest BCUT2D eigenvalue weighted by Gasteiger charge is 2.06. The average Bonchev–Trinajstić information content (AvgIpc) is 2.29. The number of hydrogen-bond acceptors (Lipinski definition) is 2. The first-order chi connectivity index (χ1) is 7.65. The van der Waals surface area contributed by atoms with Crippen molar-refractivity contribution in [2.24, 2.45) is 5.73 Å². The van der Waals surface area contributed by atoms with Crippen molar-refractivity contribution in [1.29, 1.82) is 0 Å². The molecule has 0 unspecified atom stereocenters. The fourth-order valence-corrected chi connectivity index (χ4v) is 1.35. The maximum Gasteiger partial charge on any atom is 0.253 e. The second-order valence-corrected chi connectivity index (χ2v) is 3.80. The minimum Gasteiger partial charge on any atom is -0.345 e. The van der Waals surface area contributed by atoms with Crippen LogP contribution in [0.3, 0.4) is 0 Å². The van der Waals surface area contributed by atoms with Crippen molar-refractivity contribution in [3.8, 4) is 0 Å². The summed E-state index contributed by atoms with van der Waals surface area (Å²) < 4.78 is 0. The molecule has 0 aliphatic heterocycles. The van der Waals surface area contributed by atoms with Crippen LogP contribution in [-0.4, -0.2) is 31.4 Å². The molecule has 0 heterocycles. The molecular weight excluding hydrogens is 200 g/mol. The fraction of sp³-hybridized carbons (Fsp3) is 0.308. The molecule has 0 aromatic heterocycles. The minimum absolute atomic E-state index is 0.0223. The van der Waals surface area contributed by atoms with Gasteiger partial charge in [0, 0.05) is 19.7 Å². The standard InChI is InChI=1S/C13H18N2O/c1-15(2)13(16)12-8-5-7-11(10-12)6-3-4-9-14/h3,5-8,10H,4,9,14H2,1-2H3. The predicted octanol–water partition coefficient (Wildman–Crippen LogP) is 1.75. The third kappa shape index (κ3) is 3.51. The average molecular weight is 218 g/mol. The number of rotatable bonds is 4. The summed E-state index contributed by atoms with van der Waals surface area (Å²) in [4.78, 5) is 13.3. The molecule has 0 aliphatic rings. The van der Waals surface area contributed by atoms with Gasteiger partial charge in [0.2, 0.25) is 0 Å². The lowest BCUT2D eigenvalue weighted by atomic mass is 10.1. The van der Waals surface area contributed by atoms with E-state index in [0.29, 0.717) is 12.1 Å². The smallest absolute Gasteiger partial charge is 0.253 e. The number of benzene rings is 1. The third-order valence-electron chi connectivity index (χ3n) is 2.18. The summed E-state index contributed by atoms with van der Waals surface area (Å²) in [6.45, 7) is 0.646. The lowest BCUT2D eigenvalue weighted by molar-refractivity contribution is 0.0827. The van der Waals surface area contributed by atoms with Gasteiger partial charge in [-0.1, -0.05) is 24.3 Å². The van der Waals surface area contributed by atoms with Gasteiger partial charge >= 0.3 is 0 Å². The van der Waals surface area contributed by atoms with E-state index in [9.17, 15) is 4.79 Å². The van der Waals surface area contributed by atoms with Crippen LogP contribution in [0.25, 0.3) is 6.08 Å². The van der Waals surface area contributed by atoms with Crippen LogP contribution in [0.2, 0.25) is 0 Å². The van der Waals surface area contributed by atoms with Crippen molar-refractivity contribution >= 4 is 12.0 Å². The molecular formula is C13H18N2O. The van der Waals surface area contributed by atoms with Crippen LogP contribution >= 0.6 is 0 Å². The summed E-state index contributed by atoms with van der Waals surface area (Å²) in [6, 6.07) is 7.57. The van der Waals surface area contributed by atoms with Gasteiger partial charge in [0.05, 0.1) is 0 Å². The highest BCUT2D eigenvalue weighted by atomic mass is 16.2. The Morgan fingerprint density at radius 2 is 2.19 bits per heavy atom. The SMILES string of the molecule is CN(C)C(=O)c1cccc(C=CCCN)c1. The van der Waals surface area contributed by atoms with Gasteiger partial charge in [-0.25, -0.2) is 0 Å². The maximum atomic E-state index is 11.7. The number of hydrogen-bond donors (Lipinski definition) is 1. The maximum absolute atomic E-state index is 11.7. The van der Waals surface area contributed by atoms with Crippen molar-refractivity contribution < 1.29 is 4.79 Å². The summed E-state index contributed by atoms with van der Waals surface area (Å²) in [5.41, 5.74) is 7.14. The zero-order chi connectivity index (χ0) is 12.0. The van der Waals surface area contributed by atoms with Gasteiger partial charge in [-0.05, 0) is 30.7 Å². The van der Waals surface area contributed by atoms with E-state index in [1.54, 1.807) is 19.0 Å². The topological polar surface area (TPSA) is 46.3 Å². The molecule has 1 aromatic rings. The Kier molecular flexibility index (Phi) is 4.73. The number of carbonyl (C=O) groups is 1. The van der Waals surface area contributed by atoms with E-state index in [1.807, 2.05) is 36.4 Å². The van der Waals surface area contributed by atoms with E-state index in [4.69, 9.17) is 5.73 Å². The summed E-state index contributed by atoms with van der Waals surface area (Å²) >= 11 is 0. The molecule has 16 heavy (non-hydrogen) atoms. The van der Waals surface area contributed by atoms with Crippen molar-refractivity contribution in [3.63, 3.8) is 0 Å². The highest BCUT2D eigenvalue weighted by molar-refractivity contribution is 5.94. The van der Waals surface area contributed by atoms with Crippen LogP contribution in [-0.2, 0) is 0 Å². The van der Waals surface area contributed by atoms with E-state index in [-0.39, 0.29) is 5.91 Å². The molecule has 0 saturated heterocycles. The van der Waals surface area contributed by atoms with Crippen LogP contribution in [0, 0.1) is 0 Å². The molecule has 1 rings (SSSR count). The fourth-order valence-electron chi connectivity index (χ4n) is 1.35. The summed E-state index contributed by atoms with van der Waals surface area (Å²) in [7, 11) is 3.50. The number of nitrogens with two attached hydrogens (primary N) is 1. The number of amides is 1. The normalized spacial score (nSPS) is 10.7. The molecule has 1 aromatic carbocycles. The van der Waals surface area contributed by atoms with Crippen LogP contribution < -0.4 is 5.73 Å². The second-order valence-electron chi connectivity index (χ2n) is 3.80. The van der Waals surface area contributed by atoms with Crippen LogP contribution in [0.5, 0.6) is 0 Å². The van der Waals surface area contributed by atoms with Gasteiger partial charge in [0.25, 0.3) is 5.91 Å². The Hall–Kier alpha value is -1.61. The summed E-state index contributed by atoms with van der Waals surface area (Å²) in [5, 5.41) is 0.